The zero-order chi connectivity index (χ0) is 18.4. The van der Waals surface area contributed by atoms with Crippen molar-refractivity contribution in [3.05, 3.63) is 53.3 Å². The molecule has 1 N–H and O–H groups in total. The molecule has 5 nitrogen and oxygen atoms in total. The Labute approximate surface area is 156 Å². The minimum atomic E-state index is 0.294. The second kappa shape index (κ2) is 9.10. The summed E-state index contributed by atoms with van der Waals surface area (Å²) in [7, 11) is 0. The number of ether oxygens (including phenoxy) is 1. The van der Waals surface area contributed by atoms with E-state index in [0.717, 1.165) is 50.8 Å². The normalized spacial score (nSPS) is 16.1. The first-order chi connectivity index (χ1) is 12.6. The molecule has 140 valence electrons. The van der Waals surface area contributed by atoms with E-state index < -0.39 is 0 Å². The van der Waals surface area contributed by atoms with Crippen molar-refractivity contribution in [2.24, 2.45) is 5.92 Å². The van der Waals surface area contributed by atoms with Crippen LogP contribution in [0.15, 0.2) is 36.7 Å². The van der Waals surface area contributed by atoms with E-state index in [1.165, 1.54) is 11.1 Å². The highest BCUT2D eigenvalue weighted by atomic mass is 16.5. The Balaban J connectivity index is 1.51. The lowest BCUT2D eigenvalue weighted by Gasteiger charge is -2.26. The van der Waals surface area contributed by atoms with Crippen LogP contribution in [0.1, 0.15) is 43.5 Å². The van der Waals surface area contributed by atoms with Crippen LogP contribution in [0.4, 0.5) is 5.95 Å². The highest BCUT2D eigenvalue weighted by molar-refractivity contribution is 5.30. The average molecular weight is 354 g/mol. The molecule has 2 aromatic rings. The standard InChI is InChI=1S/C21H30N4O/c1-16(2)12-18-4-6-20(7-5-18)17(3)22-13-19-14-23-21(24-15-19)25-8-10-26-11-9-25/h4-7,14-17,22H,8-13H2,1-3H3. The number of hydrogen-bond donors (Lipinski definition) is 1. The maximum atomic E-state index is 5.37. The Bertz CT molecular complexity index is 663. The van der Waals surface area contributed by atoms with E-state index >= 15 is 0 Å². The van der Waals surface area contributed by atoms with Crippen molar-refractivity contribution in [2.45, 2.75) is 39.8 Å². The molecule has 1 aliphatic rings. The van der Waals surface area contributed by atoms with Gasteiger partial charge in [-0.3, -0.25) is 0 Å². The minimum absolute atomic E-state index is 0.294. The predicted octanol–water partition coefficient (Wildman–Crippen LogP) is 3.36. The molecule has 1 aliphatic heterocycles. The molecule has 0 spiro atoms. The third kappa shape index (κ3) is 5.26. The fourth-order valence-electron chi connectivity index (χ4n) is 3.17. The topological polar surface area (TPSA) is 50.3 Å². The van der Waals surface area contributed by atoms with E-state index in [9.17, 15) is 0 Å². The van der Waals surface area contributed by atoms with Gasteiger partial charge in [0.15, 0.2) is 0 Å². The second-order valence-electron chi connectivity index (χ2n) is 7.43. The van der Waals surface area contributed by atoms with E-state index in [2.05, 4.69) is 65.2 Å². The van der Waals surface area contributed by atoms with Crippen molar-refractivity contribution in [3.8, 4) is 0 Å². The number of hydrogen-bond acceptors (Lipinski definition) is 5. The Hall–Kier alpha value is -1.98. The first-order valence-electron chi connectivity index (χ1n) is 9.57. The van der Waals surface area contributed by atoms with Gasteiger partial charge >= 0.3 is 0 Å². The van der Waals surface area contributed by atoms with Crippen LogP contribution in [0, 0.1) is 5.92 Å². The maximum Gasteiger partial charge on any atom is 0.225 e. The average Bonchev–Trinajstić information content (AvgIpc) is 2.67. The van der Waals surface area contributed by atoms with Gasteiger partial charge in [-0.05, 0) is 30.4 Å². The van der Waals surface area contributed by atoms with Gasteiger partial charge in [-0.25, -0.2) is 9.97 Å². The van der Waals surface area contributed by atoms with Crippen LogP contribution >= 0.6 is 0 Å². The van der Waals surface area contributed by atoms with Gasteiger partial charge in [0.1, 0.15) is 0 Å². The van der Waals surface area contributed by atoms with E-state index in [1.807, 2.05) is 12.4 Å². The molecule has 0 aliphatic carbocycles. The number of rotatable bonds is 7. The van der Waals surface area contributed by atoms with Crippen molar-refractivity contribution >= 4 is 5.95 Å². The summed E-state index contributed by atoms with van der Waals surface area (Å²) in [6, 6.07) is 9.24. The van der Waals surface area contributed by atoms with Crippen LogP contribution in [0.2, 0.25) is 0 Å². The third-order valence-electron chi connectivity index (χ3n) is 4.72. The number of nitrogens with one attached hydrogen (secondary N) is 1. The molecule has 26 heavy (non-hydrogen) atoms. The first kappa shape index (κ1) is 18.8. The van der Waals surface area contributed by atoms with Crippen LogP contribution in [0.25, 0.3) is 0 Å². The molecule has 0 radical (unpaired) electrons. The van der Waals surface area contributed by atoms with Crippen molar-refractivity contribution in [1.82, 2.24) is 15.3 Å². The highest BCUT2D eigenvalue weighted by Crippen LogP contribution is 2.16. The molecule has 0 saturated carbocycles. The van der Waals surface area contributed by atoms with Gasteiger partial charge < -0.3 is 15.0 Å². The number of benzene rings is 1. The fourth-order valence-corrected chi connectivity index (χ4v) is 3.17. The van der Waals surface area contributed by atoms with Gasteiger partial charge in [-0.2, -0.15) is 0 Å². The summed E-state index contributed by atoms with van der Waals surface area (Å²) < 4.78 is 5.37. The van der Waals surface area contributed by atoms with E-state index in [0.29, 0.717) is 12.0 Å². The van der Waals surface area contributed by atoms with Crippen molar-refractivity contribution in [3.63, 3.8) is 0 Å². The largest absolute Gasteiger partial charge is 0.378 e. The summed E-state index contributed by atoms with van der Waals surface area (Å²) in [5.74, 6) is 1.49. The van der Waals surface area contributed by atoms with Gasteiger partial charge in [-0.1, -0.05) is 38.1 Å². The van der Waals surface area contributed by atoms with Crippen LogP contribution < -0.4 is 10.2 Å². The lowest BCUT2D eigenvalue weighted by Crippen LogP contribution is -2.37. The second-order valence-corrected chi connectivity index (χ2v) is 7.43. The molecule has 0 amide bonds. The molecular weight excluding hydrogens is 324 g/mol. The van der Waals surface area contributed by atoms with Gasteiger partial charge in [0, 0.05) is 43.6 Å². The minimum Gasteiger partial charge on any atom is -0.378 e. The molecule has 1 saturated heterocycles. The van der Waals surface area contributed by atoms with E-state index in [-0.39, 0.29) is 0 Å². The lowest BCUT2D eigenvalue weighted by atomic mass is 10.00. The lowest BCUT2D eigenvalue weighted by molar-refractivity contribution is 0.122. The van der Waals surface area contributed by atoms with E-state index in [4.69, 9.17) is 4.74 Å². The van der Waals surface area contributed by atoms with Crippen molar-refractivity contribution < 1.29 is 4.74 Å². The predicted molar refractivity (Wildman–Crippen MR) is 105 cm³/mol. The van der Waals surface area contributed by atoms with Gasteiger partial charge in [0.05, 0.1) is 13.2 Å². The number of anilines is 1. The summed E-state index contributed by atoms with van der Waals surface area (Å²) in [6.45, 7) is 10.7. The molecule has 1 unspecified atom stereocenters. The molecule has 1 atom stereocenters. The zero-order valence-electron chi connectivity index (χ0n) is 16.1. The first-order valence-corrected chi connectivity index (χ1v) is 9.57. The quantitative estimate of drug-likeness (QED) is 0.826. The highest BCUT2D eigenvalue weighted by Gasteiger charge is 2.13. The molecule has 1 fully saturated rings. The maximum absolute atomic E-state index is 5.37. The molecule has 3 rings (SSSR count). The van der Waals surface area contributed by atoms with Gasteiger partial charge in [-0.15, -0.1) is 0 Å². The Kier molecular flexibility index (Phi) is 6.58. The summed E-state index contributed by atoms with van der Waals surface area (Å²) in [5, 5.41) is 3.56. The monoisotopic (exact) mass is 354 g/mol. The number of morpholine rings is 1. The third-order valence-corrected chi connectivity index (χ3v) is 4.72. The Morgan fingerprint density at radius 3 is 2.27 bits per heavy atom. The molecule has 2 heterocycles. The summed E-state index contributed by atoms with van der Waals surface area (Å²) in [6.07, 6.45) is 4.97. The SMILES string of the molecule is CC(C)Cc1ccc(C(C)NCc2cnc(N3CCOCC3)nc2)cc1. The summed E-state index contributed by atoms with van der Waals surface area (Å²) in [5.41, 5.74) is 3.82. The van der Waals surface area contributed by atoms with E-state index in [1.54, 1.807) is 0 Å². The zero-order valence-corrected chi connectivity index (χ0v) is 16.1. The smallest absolute Gasteiger partial charge is 0.225 e. The van der Waals surface area contributed by atoms with Gasteiger partial charge in [0.2, 0.25) is 5.95 Å². The molecular formula is C21H30N4O. The Morgan fingerprint density at radius 2 is 1.65 bits per heavy atom. The van der Waals surface area contributed by atoms with Crippen LogP contribution in [-0.2, 0) is 17.7 Å². The molecule has 1 aromatic carbocycles. The van der Waals surface area contributed by atoms with Crippen molar-refractivity contribution in [2.75, 3.05) is 31.2 Å². The molecule has 0 bridgehead atoms. The van der Waals surface area contributed by atoms with Gasteiger partial charge in [0.25, 0.3) is 0 Å². The van der Waals surface area contributed by atoms with Crippen LogP contribution in [0.3, 0.4) is 0 Å². The fraction of sp³-hybridized carbons (Fsp3) is 0.524. The van der Waals surface area contributed by atoms with Crippen LogP contribution in [-0.4, -0.2) is 36.3 Å². The Morgan fingerprint density at radius 1 is 1.00 bits per heavy atom. The number of aromatic nitrogens is 2. The summed E-state index contributed by atoms with van der Waals surface area (Å²) in [4.78, 5) is 11.2. The van der Waals surface area contributed by atoms with Crippen LogP contribution in [0.5, 0.6) is 0 Å². The number of nitrogens with zero attached hydrogens (tertiary/aromatic N) is 3. The van der Waals surface area contributed by atoms with Crippen molar-refractivity contribution in [1.29, 1.82) is 0 Å². The summed E-state index contributed by atoms with van der Waals surface area (Å²) >= 11 is 0. The molecule has 5 heteroatoms. The molecule has 1 aromatic heterocycles.